The van der Waals surface area contributed by atoms with E-state index in [0.29, 0.717) is 13.0 Å². The Morgan fingerprint density at radius 3 is 2.79 bits per heavy atom. The summed E-state index contributed by atoms with van der Waals surface area (Å²) in [5.41, 5.74) is -0.730. The van der Waals surface area contributed by atoms with Gasteiger partial charge in [0.2, 0.25) is 0 Å². The number of hydrogen-bond acceptors (Lipinski definition) is 4. The first-order valence-corrected chi connectivity index (χ1v) is 7.45. The number of thiophene rings is 1. The van der Waals surface area contributed by atoms with Gasteiger partial charge < -0.3 is 14.8 Å². The van der Waals surface area contributed by atoms with E-state index in [1.807, 2.05) is 38.1 Å². The van der Waals surface area contributed by atoms with Gasteiger partial charge in [0.15, 0.2) is 0 Å². The summed E-state index contributed by atoms with van der Waals surface area (Å²) in [6.07, 6.45) is 2.34. The second-order valence-electron chi connectivity index (χ2n) is 4.82. The smallest absolute Gasteiger partial charge is 0.126 e. The predicted molar refractivity (Wildman–Crippen MR) is 78.8 cm³/mol. The molecule has 0 bridgehead atoms. The number of hydrogen-bond donors (Lipinski definition) is 2. The lowest BCUT2D eigenvalue weighted by molar-refractivity contribution is 0.0535. The van der Waals surface area contributed by atoms with Gasteiger partial charge in [-0.2, -0.15) is 0 Å². The number of aliphatic hydroxyl groups is 1. The van der Waals surface area contributed by atoms with E-state index in [2.05, 4.69) is 5.32 Å². The van der Waals surface area contributed by atoms with Crippen LogP contribution in [-0.4, -0.2) is 17.3 Å². The second kappa shape index (κ2) is 6.09. The maximum Gasteiger partial charge on any atom is 0.126 e. The van der Waals surface area contributed by atoms with Gasteiger partial charge in [0.1, 0.15) is 11.8 Å². The largest absolute Gasteiger partial charge is 0.467 e. The lowest BCUT2D eigenvalue weighted by atomic mass is 10.0. The zero-order chi connectivity index (χ0) is 13.9. The zero-order valence-electron chi connectivity index (χ0n) is 11.0. The molecule has 0 saturated heterocycles. The molecule has 19 heavy (non-hydrogen) atoms. The topological polar surface area (TPSA) is 45.4 Å². The highest BCUT2D eigenvalue weighted by molar-refractivity contribution is 7.16. The van der Waals surface area contributed by atoms with Crippen LogP contribution in [0.1, 0.15) is 36.9 Å². The summed E-state index contributed by atoms with van der Waals surface area (Å²) in [6, 6.07) is 7.55. The monoisotopic (exact) mass is 299 g/mol. The Labute approximate surface area is 122 Å². The van der Waals surface area contributed by atoms with Gasteiger partial charge in [0.25, 0.3) is 0 Å². The van der Waals surface area contributed by atoms with Crippen molar-refractivity contribution in [3.8, 4) is 0 Å². The van der Waals surface area contributed by atoms with Gasteiger partial charge in [0, 0.05) is 11.4 Å². The summed E-state index contributed by atoms with van der Waals surface area (Å²) in [6.45, 7) is 4.27. The van der Waals surface area contributed by atoms with E-state index in [1.54, 1.807) is 6.26 Å². The summed E-state index contributed by atoms with van der Waals surface area (Å²) < 4.78 is 6.22. The molecule has 0 aliphatic carbocycles. The van der Waals surface area contributed by atoms with Gasteiger partial charge in [-0.3, -0.25) is 0 Å². The molecule has 2 heterocycles. The molecule has 3 nitrogen and oxygen atoms in total. The van der Waals surface area contributed by atoms with Gasteiger partial charge in [0.05, 0.1) is 16.2 Å². The van der Waals surface area contributed by atoms with Crippen molar-refractivity contribution < 1.29 is 9.52 Å². The Hall–Kier alpha value is -0.810. The number of furan rings is 1. The molecule has 0 amide bonds. The first-order chi connectivity index (χ1) is 9.02. The molecule has 2 unspecified atom stereocenters. The highest BCUT2D eigenvalue weighted by Crippen LogP contribution is 2.31. The Bertz CT molecular complexity index is 507. The molecule has 0 fully saturated rings. The van der Waals surface area contributed by atoms with Crippen molar-refractivity contribution in [1.29, 1.82) is 0 Å². The van der Waals surface area contributed by atoms with Gasteiger partial charge in [-0.05, 0) is 37.6 Å². The van der Waals surface area contributed by atoms with E-state index < -0.39 is 5.60 Å². The number of rotatable bonds is 6. The molecule has 0 aromatic carbocycles. The average molecular weight is 300 g/mol. The molecule has 2 rings (SSSR count). The highest BCUT2D eigenvalue weighted by atomic mass is 35.5. The molecular weight excluding hydrogens is 282 g/mol. The fraction of sp³-hybridized carbons (Fsp3) is 0.429. The van der Waals surface area contributed by atoms with Crippen molar-refractivity contribution in [1.82, 2.24) is 5.32 Å². The van der Waals surface area contributed by atoms with Crippen LogP contribution in [-0.2, 0) is 0 Å². The molecule has 0 spiro atoms. The van der Waals surface area contributed by atoms with Crippen LogP contribution in [0.2, 0.25) is 4.34 Å². The van der Waals surface area contributed by atoms with Crippen LogP contribution in [0, 0.1) is 0 Å². The molecule has 2 atom stereocenters. The van der Waals surface area contributed by atoms with Crippen LogP contribution in [0.25, 0.3) is 0 Å². The third-order valence-electron chi connectivity index (χ3n) is 3.15. The molecule has 104 valence electrons. The lowest BCUT2D eigenvalue weighted by Gasteiger charge is -2.25. The minimum absolute atomic E-state index is 0.0782. The fourth-order valence-corrected chi connectivity index (χ4v) is 2.87. The van der Waals surface area contributed by atoms with Crippen molar-refractivity contribution in [2.45, 2.75) is 31.9 Å². The molecular formula is C14H18ClNO2S. The summed E-state index contributed by atoms with van der Waals surface area (Å²) in [5.74, 6) is 0.824. The van der Waals surface area contributed by atoms with Crippen molar-refractivity contribution in [2.75, 3.05) is 6.54 Å². The summed E-state index contributed by atoms with van der Waals surface area (Å²) >= 11 is 7.51. The third-order valence-corrected chi connectivity index (χ3v) is 4.45. The van der Waals surface area contributed by atoms with Gasteiger partial charge in [-0.25, -0.2) is 0 Å². The van der Waals surface area contributed by atoms with Crippen LogP contribution in [0.4, 0.5) is 0 Å². The SMILES string of the molecule is CCC(C)(O)CNC(c1ccco1)c1ccc(Cl)s1. The minimum atomic E-state index is -0.730. The Morgan fingerprint density at radius 2 is 2.26 bits per heavy atom. The quantitative estimate of drug-likeness (QED) is 0.852. The molecule has 2 aromatic rings. The van der Waals surface area contributed by atoms with E-state index in [-0.39, 0.29) is 6.04 Å². The molecule has 2 N–H and O–H groups in total. The number of nitrogens with one attached hydrogen (secondary N) is 1. The van der Waals surface area contributed by atoms with E-state index in [0.717, 1.165) is 15.0 Å². The maximum atomic E-state index is 10.1. The predicted octanol–water partition coefficient (Wildman–Crippen LogP) is 3.83. The van der Waals surface area contributed by atoms with Crippen molar-refractivity contribution >= 4 is 22.9 Å². The fourth-order valence-electron chi connectivity index (χ4n) is 1.73. The average Bonchev–Trinajstić information content (AvgIpc) is 3.02. The van der Waals surface area contributed by atoms with E-state index in [1.165, 1.54) is 11.3 Å². The van der Waals surface area contributed by atoms with Crippen LogP contribution in [0.15, 0.2) is 34.9 Å². The summed E-state index contributed by atoms with van der Waals surface area (Å²) in [5, 5.41) is 13.5. The van der Waals surface area contributed by atoms with Crippen molar-refractivity contribution in [3.63, 3.8) is 0 Å². The summed E-state index contributed by atoms with van der Waals surface area (Å²) in [7, 11) is 0. The highest BCUT2D eigenvalue weighted by Gasteiger charge is 2.23. The molecule has 0 aliphatic rings. The number of halogens is 1. The summed E-state index contributed by atoms with van der Waals surface area (Å²) in [4.78, 5) is 1.08. The normalized spacial score (nSPS) is 16.2. The standard InChI is InChI=1S/C14H18ClNO2S/c1-3-14(2,17)9-16-13(10-5-4-8-18-10)11-6-7-12(15)19-11/h4-8,13,16-17H,3,9H2,1-2H3. The van der Waals surface area contributed by atoms with Crippen molar-refractivity contribution in [3.05, 3.63) is 45.5 Å². The Balaban J connectivity index is 2.16. The van der Waals surface area contributed by atoms with Gasteiger partial charge in [-0.1, -0.05) is 18.5 Å². The second-order valence-corrected chi connectivity index (χ2v) is 6.57. The Morgan fingerprint density at radius 1 is 1.47 bits per heavy atom. The molecule has 2 aromatic heterocycles. The third kappa shape index (κ3) is 3.83. The first-order valence-electron chi connectivity index (χ1n) is 6.26. The van der Waals surface area contributed by atoms with E-state index >= 15 is 0 Å². The zero-order valence-corrected chi connectivity index (χ0v) is 12.6. The van der Waals surface area contributed by atoms with E-state index in [4.69, 9.17) is 16.0 Å². The lowest BCUT2D eigenvalue weighted by Crippen LogP contribution is -2.38. The Kier molecular flexibility index (Phi) is 4.68. The van der Waals surface area contributed by atoms with Crippen LogP contribution in [0.5, 0.6) is 0 Å². The van der Waals surface area contributed by atoms with Gasteiger partial charge >= 0.3 is 0 Å². The molecule has 0 aliphatic heterocycles. The van der Waals surface area contributed by atoms with E-state index in [9.17, 15) is 5.11 Å². The van der Waals surface area contributed by atoms with Crippen molar-refractivity contribution in [2.24, 2.45) is 0 Å². The van der Waals surface area contributed by atoms with Crippen LogP contribution in [0.3, 0.4) is 0 Å². The van der Waals surface area contributed by atoms with Crippen LogP contribution >= 0.6 is 22.9 Å². The molecule has 0 radical (unpaired) electrons. The first kappa shape index (κ1) is 14.6. The molecule has 5 heteroatoms. The van der Waals surface area contributed by atoms with Gasteiger partial charge in [-0.15, -0.1) is 11.3 Å². The maximum absolute atomic E-state index is 10.1. The molecule has 0 saturated carbocycles. The van der Waals surface area contributed by atoms with Crippen LogP contribution < -0.4 is 5.32 Å². The minimum Gasteiger partial charge on any atom is -0.467 e.